The lowest BCUT2D eigenvalue weighted by molar-refractivity contribution is -0.384. The second-order valence-electron chi connectivity index (χ2n) is 4.82. The van der Waals surface area contributed by atoms with Crippen LogP contribution in [0.2, 0.25) is 0 Å². The molecule has 1 heterocycles. The van der Waals surface area contributed by atoms with Gasteiger partial charge in [0.2, 0.25) is 5.60 Å². The Labute approximate surface area is 119 Å². The highest BCUT2D eigenvalue weighted by atomic mass is 16.6. The number of rotatable bonds is 2. The smallest absolute Gasteiger partial charge is 0.298 e. The molecule has 0 aromatic heterocycles. The molecule has 1 aliphatic heterocycles. The van der Waals surface area contributed by atoms with E-state index in [1.54, 1.807) is 6.07 Å². The van der Waals surface area contributed by atoms with E-state index in [0.29, 0.717) is 12.8 Å². The Morgan fingerprint density at radius 1 is 1.33 bits per heavy atom. The number of hydrogen-bond donors (Lipinski definition) is 1. The summed E-state index contributed by atoms with van der Waals surface area (Å²) in [4.78, 5) is 38.1. The van der Waals surface area contributed by atoms with Crippen LogP contribution in [0.15, 0.2) is 29.3 Å². The molecule has 1 aliphatic carbocycles. The number of hydrogen-bond acceptors (Lipinski definition) is 6. The van der Waals surface area contributed by atoms with E-state index in [9.17, 15) is 19.7 Å². The number of nitro benzene ring substituents is 1. The number of carbonyl (C=O) groups is 2. The predicted molar refractivity (Wildman–Crippen MR) is 71.0 cm³/mol. The van der Waals surface area contributed by atoms with Crippen molar-refractivity contribution in [2.75, 3.05) is 0 Å². The van der Waals surface area contributed by atoms with Crippen LogP contribution < -0.4 is 5.32 Å². The monoisotopic (exact) mass is 289 g/mol. The largest absolute Gasteiger partial charge is 0.440 e. The van der Waals surface area contributed by atoms with E-state index in [2.05, 4.69) is 10.3 Å². The number of Topliss-reactive ketones (excluding diaryl/α,β-unsaturated/α-hetero) is 1. The summed E-state index contributed by atoms with van der Waals surface area (Å²) in [7, 11) is 0. The van der Waals surface area contributed by atoms with Gasteiger partial charge in [0.05, 0.1) is 4.92 Å². The fraction of sp³-hybridized carbons (Fsp3) is 0.308. The van der Waals surface area contributed by atoms with Gasteiger partial charge >= 0.3 is 0 Å². The van der Waals surface area contributed by atoms with Crippen molar-refractivity contribution in [3.8, 4) is 0 Å². The number of aliphatic imine (C=N–C) groups is 1. The number of nitrogens with one attached hydrogen (secondary N) is 1. The Balaban J connectivity index is 1.95. The van der Waals surface area contributed by atoms with E-state index in [4.69, 9.17) is 4.74 Å². The molecular weight excluding hydrogens is 278 g/mol. The quantitative estimate of drug-likeness (QED) is 0.500. The van der Waals surface area contributed by atoms with Gasteiger partial charge in [-0.15, -0.1) is 0 Å². The molecular formula is C13H11N3O5. The molecule has 1 unspecified atom stereocenters. The summed E-state index contributed by atoms with van der Waals surface area (Å²) in [5.74, 6) is -0.838. The van der Waals surface area contributed by atoms with Crippen LogP contribution >= 0.6 is 0 Å². The molecule has 8 nitrogen and oxygen atoms in total. The average Bonchev–Trinajstić information content (AvgIpc) is 2.95. The molecule has 8 heteroatoms. The Bertz CT molecular complexity index is 684. The van der Waals surface area contributed by atoms with Gasteiger partial charge in [-0.1, -0.05) is 12.1 Å². The van der Waals surface area contributed by atoms with Gasteiger partial charge in [0.15, 0.2) is 5.78 Å². The number of benzene rings is 1. The Kier molecular flexibility index (Phi) is 2.93. The molecule has 1 saturated carbocycles. The molecule has 0 bridgehead atoms. The van der Waals surface area contributed by atoms with Crippen LogP contribution in [0.5, 0.6) is 0 Å². The van der Waals surface area contributed by atoms with Crippen LogP contribution in [-0.2, 0) is 14.3 Å². The lowest BCUT2D eigenvalue weighted by Crippen LogP contribution is -2.42. The highest BCUT2D eigenvalue weighted by molar-refractivity contribution is 6.19. The second-order valence-corrected chi connectivity index (χ2v) is 4.82. The van der Waals surface area contributed by atoms with E-state index in [-0.39, 0.29) is 29.6 Å². The average molecular weight is 289 g/mol. The molecule has 1 amide bonds. The molecule has 21 heavy (non-hydrogen) atoms. The van der Waals surface area contributed by atoms with Gasteiger partial charge in [0.1, 0.15) is 5.69 Å². The zero-order valence-corrected chi connectivity index (χ0v) is 10.9. The highest BCUT2D eigenvalue weighted by Crippen LogP contribution is 2.34. The van der Waals surface area contributed by atoms with Gasteiger partial charge in [-0.2, -0.15) is 4.99 Å². The summed E-state index contributed by atoms with van der Waals surface area (Å²) in [5, 5.41) is 13.3. The molecule has 3 rings (SSSR count). The van der Waals surface area contributed by atoms with Crippen LogP contribution in [0.4, 0.5) is 11.4 Å². The zero-order chi connectivity index (χ0) is 15.0. The van der Waals surface area contributed by atoms with E-state index in [1.165, 1.54) is 18.2 Å². The second kappa shape index (κ2) is 4.65. The number of para-hydroxylation sites is 2. The van der Waals surface area contributed by atoms with Crippen LogP contribution in [0.25, 0.3) is 0 Å². The zero-order valence-electron chi connectivity index (χ0n) is 10.9. The lowest BCUT2D eigenvalue weighted by atomic mass is 10.0. The number of carbonyl (C=O) groups excluding carboxylic acids is 2. The topological polar surface area (TPSA) is 111 Å². The van der Waals surface area contributed by atoms with Gasteiger partial charge in [0, 0.05) is 18.9 Å². The summed E-state index contributed by atoms with van der Waals surface area (Å²) >= 11 is 0. The van der Waals surface area contributed by atoms with Crippen LogP contribution in [-0.4, -0.2) is 28.2 Å². The van der Waals surface area contributed by atoms with E-state index < -0.39 is 16.4 Å². The van der Waals surface area contributed by atoms with E-state index >= 15 is 0 Å². The first-order valence-corrected chi connectivity index (χ1v) is 6.39. The molecule has 0 radical (unpaired) electrons. The Hall–Kier alpha value is -2.77. The van der Waals surface area contributed by atoms with Crippen molar-refractivity contribution < 1.29 is 19.2 Å². The minimum Gasteiger partial charge on any atom is -0.440 e. The fourth-order valence-corrected chi connectivity index (χ4v) is 2.50. The van der Waals surface area contributed by atoms with Gasteiger partial charge in [-0.3, -0.25) is 25.0 Å². The summed E-state index contributed by atoms with van der Waals surface area (Å²) in [6.07, 6.45) is 1.16. The Morgan fingerprint density at radius 2 is 2.10 bits per heavy atom. The molecule has 2 fully saturated rings. The van der Waals surface area contributed by atoms with E-state index in [0.717, 1.165) is 0 Å². The number of ketones is 1. The van der Waals surface area contributed by atoms with Crippen molar-refractivity contribution in [1.82, 2.24) is 5.32 Å². The van der Waals surface area contributed by atoms with Crippen LogP contribution in [0.1, 0.15) is 19.3 Å². The van der Waals surface area contributed by atoms with Crippen molar-refractivity contribution >= 4 is 29.1 Å². The molecule has 1 aromatic rings. The van der Waals surface area contributed by atoms with Crippen molar-refractivity contribution in [1.29, 1.82) is 0 Å². The third-order valence-electron chi connectivity index (χ3n) is 3.54. The normalized spacial score (nSPS) is 26.2. The minimum absolute atomic E-state index is 0.0558. The Morgan fingerprint density at radius 3 is 2.76 bits per heavy atom. The molecule has 1 spiro atoms. The molecule has 108 valence electrons. The third-order valence-corrected chi connectivity index (χ3v) is 3.54. The van der Waals surface area contributed by atoms with Crippen LogP contribution in [0.3, 0.4) is 0 Å². The van der Waals surface area contributed by atoms with Gasteiger partial charge in [0.25, 0.3) is 17.6 Å². The molecule has 1 aromatic carbocycles. The number of nitro groups is 1. The molecule has 1 atom stereocenters. The lowest BCUT2D eigenvalue weighted by Gasteiger charge is -2.15. The highest BCUT2D eigenvalue weighted by Gasteiger charge is 2.56. The minimum atomic E-state index is -1.50. The summed E-state index contributed by atoms with van der Waals surface area (Å²) in [6, 6.07) is 5.65. The summed E-state index contributed by atoms with van der Waals surface area (Å²) in [6.45, 7) is 0. The number of amides is 1. The van der Waals surface area contributed by atoms with Crippen molar-refractivity contribution in [3.05, 3.63) is 34.4 Å². The number of nitrogens with zero attached hydrogens (tertiary/aromatic N) is 2. The maximum atomic E-state index is 12.0. The molecule has 1 N–H and O–H groups in total. The van der Waals surface area contributed by atoms with Gasteiger partial charge in [-0.25, -0.2) is 0 Å². The first-order valence-electron chi connectivity index (χ1n) is 6.39. The van der Waals surface area contributed by atoms with Crippen molar-refractivity contribution in [2.24, 2.45) is 4.99 Å². The summed E-state index contributed by atoms with van der Waals surface area (Å²) < 4.78 is 5.39. The number of amidine groups is 1. The number of ether oxygens (including phenoxy) is 1. The van der Waals surface area contributed by atoms with Crippen LogP contribution in [0, 0.1) is 10.1 Å². The summed E-state index contributed by atoms with van der Waals surface area (Å²) in [5.41, 5.74) is -1.65. The third kappa shape index (κ3) is 2.04. The maximum Gasteiger partial charge on any atom is 0.298 e. The van der Waals surface area contributed by atoms with E-state index in [1.807, 2.05) is 0 Å². The van der Waals surface area contributed by atoms with Crippen molar-refractivity contribution in [2.45, 2.75) is 24.9 Å². The predicted octanol–water partition coefficient (Wildman–Crippen LogP) is 1.22. The first-order chi connectivity index (χ1) is 10.0. The maximum absolute atomic E-state index is 12.0. The standard InChI is InChI=1S/C13H11N3O5/c17-10-6-3-7-13(10)11(18)15-12(21-13)14-8-4-1-2-5-9(8)16(19)20/h1-2,4-5H,3,6-7H2,(H,14,15,18). The fourth-order valence-electron chi connectivity index (χ4n) is 2.50. The van der Waals surface area contributed by atoms with Gasteiger partial charge in [-0.05, 0) is 12.5 Å². The first kappa shape index (κ1) is 13.2. The molecule has 2 aliphatic rings. The SMILES string of the molecule is O=C1CCCC12OC(=Nc1ccccc1[N+](=O)[O-])NC2=O. The molecule has 1 saturated heterocycles. The van der Waals surface area contributed by atoms with Gasteiger partial charge < -0.3 is 4.74 Å². The van der Waals surface area contributed by atoms with Crippen molar-refractivity contribution in [3.63, 3.8) is 0 Å².